The molecule has 0 aliphatic carbocycles. The van der Waals surface area contributed by atoms with E-state index in [0.717, 1.165) is 24.8 Å². The predicted octanol–water partition coefficient (Wildman–Crippen LogP) is 4.23. The Morgan fingerprint density at radius 3 is 2.55 bits per heavy atom. The van der Waals surface area contributed by atoms with E-state index in [9.17, 15) is 13.2 Å². The number of halogens is 1. The van der Waals surface area contributed by atoms with Crippen molar-refractivity contribution >= 4 is 33.2 Å². The lowest BCUT2D eigenvalue weighted by atomic mass is 10.2. The van der Waals surface area contributed by atoms with Crippen LogP contribution in [0.25, 0.3) is 0 Å². The summed E-state index contributed by atoms with van der Waals surface area (Å²) in [5, 5.41) is 3.30. The fraction of sp³-hybridized carbons (Fsp3) is 0.381. The zero-order valence-electron chi connectivity index (χ0n) is 16.5. The first-order valence-electron chi connectivity index (χ1n) is 9.61. The van der Waals surface area contributed by atoms with Gasteiger partial charge in [0.1, 0.15) is 5.75 Å². The maximum absolute atomic E-state index is 12.9. The van der Waals surface area contributed by atoms with Crippen LogP contribution in [0.2, 0.25) is 5.02 Å². The van der Waals surface area contributed by atoms with E-state index in [-0.39, 0.29) is 10.8 Å². The van der Waals surface area contributed by atoms with Crippen molar-refractivity contribution < 1.29 is 17.9 Å². The van der Waals surface area contributed by atoms with Crippen LogP contribution < -0.4 is 10.1 Å². The second-order valence-corrected chi connectivity index (χ2v) is 9.52. The number of amides is 1. The molecular formula is C21H25ClN2O4S. The highest BCUT2D eigenvalue weighted by Crippen LogP contribution is 2.26. The Bertz CT molecular complexity index is 988. The quantitative estimate of drug-likeness (QED) is 0.735. The minimum Gasteiger partial charge on any atom is -0.481 e. The number of piperidine rings is 1. The van der Waals surface area contributed by atoms with Gasteiger partial charge in [0.15, 0.2) is 6.10 Å². The molecule has 1 N–H and O–H groups in total. The molecule has 6 nitrogen and oxygen atoms in total. The molecular weight excluding hydrogens is 412 g/mol. The molecule has 29 heavy (non-hydrogen) atoms. The monoisotopic (exact) mass is 436 g/mol. The zero-order chi connectivity index (χ0) is 21.0. The van der Waals surface area contributed by atoms with Gasteiger partial charge in [-0.2, -0.15) is 4.31 Å². The summed E-state index contributed by atoms with van der Waals surface area (Å²) < 4.78 is 33.0. The van der Waals surface area contributed by atoms with Crippen LogP contribution >= 0.6 is 11.6 Å². The number of benzene rings is 2. The molecule has 1 aliphatic heterocycles. The van der Waals surface area contributed by atoms with Crippen LogP contribution in [0.1, 0.15) is 31.7 Å². The van der Waals surface area contributed by atoms with Gasteiger partial charge in [-0.05, 0) is 62.6 Å². The zero-order valence-corrected chi connectivity index (χ0v) is 18.1. The predicted molar refractivity (Wildman–Crippen MR) is 114 cm³/mol. The summed E-state index contributed by atoms with van der Waals surface area (Å²) in [6.07, 6.45) is 2.00. The molecule has 2 aromatic carbocycles. The van der Waals surface area contributed by atoms with E-state index >= 15 is 0 Å². The van der Waals surface area contributed by atoms with E-state index in [0.29, 0.717) is 29.5 Å². The van der Waals surface area contributed by atoms with Crippen molar-refractivity contribution in [3.8, 4) is 5.75 Å². The molecule has 1 fully saturated rings. The summed E-state index contributed by atoms with van der Waals surface area (Å²) in [5.74, 6) is 0.110. The van der Waals surface area contributed by atoms with Gasteiger partial charge in [0.2, 0.25) is 10.0 Å². The molecule has 1 aliphatic rings. The Kier molecular flexibility index (Phi) is 6.82. The maximum atomic E-state index is 12.9. The molecule has 1 amide bonds. The van der Waals surface area contributed by atoms with Gasteiger partial charge in [-0.15, -0.1) is 0 Å². The van der Waals surface area contributed by atoms with E-state index in [1.165, 1.54) is 10.4 Å². The van der Waals surface area contributed by atoms with Gasteiger partial charge < -0.3 is 10.1 Å². The summed E-state index contributed by atoms with van der Waals surface area (Å²) in [5.41, 5.74) is 1.22. The van der Waals surface area contributed by atoms with Gasteiger partial charge in [0.05, 0.1) is 4.90 Å². The van der Waals surface area contributed by atoms with E-state index in [1.54, 1.807) is 43.3 Å². The lowest BCUT2D eigenvalue weighted by molar-refractivity contribution is -0.122. The molecule has 1 saturated heterocycles. The largest absolute Gasteiger partial charge is 0.481 e. The number of rotatable bonds is 6. The van der Waals surface area contributed by atoms with E-state index < -0.39 is 16.1 Å². The number of nitrogens with zero attached hydrogens (tertiary/aromatic N) is 1. The van der Waals surface area contributed by atoms with Crippen molar-refractivity contribution in [2.75, 3.05) is 18.4 Å². The van der Waals surface area contributed by atoms with Crippen molar-refractivity contribution in [3.05, 3.63) is 53.1 Å². The van der Waals surface area contributed by atoms with Gasteiger partial charge >= 0.3 is 0 Å². The molecule has 0 saturated carbocycles. The van der Waals surface area contributed by atoms with E-state index in [4.69, 9.17) is 16.3 Å². The topological polar surface area (TPSA) is 75.7 Å². The third kappa shape index (κ3) is 5.29. The van der Waals surface area contributed by atoms with Gasteiger partial charge in [-0.25, -0.2) is 8.42 Å². The number of carbonyl (C=O) groups is 1. The van der Waals surface area contributed by atoms with Gasteiger partial charge in [-0.3, -0.25) is 4.79 Å². The fourth-order valence-electron chi connectivity index (χ4n) is 3.18. The Morgan fingerprint density at radius 1 is 1.14 bits per heavy atom. The van der Waals surface area contributed by atoms with Crippen molar-refractivity contribution in [1.29, 1.82) is 0 Å². The summed E-state index contributed by atoms with van der Waals surface area (Å²) in [7, 11) is -3.57. The highest BCUT2D eigenvalue weighted by Gasteiger charge is 2.26. The lowest BCUT2D eigenvalue weighted by Gasteiger charge is -2.26. The summed E-state index contributed by atoms with van der Waals surface area (Å²) >= 11 is 5.94. The van der Waals surface area contributed by atoms with Crippen molar-refractivity contribution in [3.63, 3.8) is 0 Å². The Balaban J connectivity index is 1.75. The molecule has 0 bridgehead atoms. The smallest absolute Gasteiger partial charge is 0.265 e. The first-order valence-corrected chi connectivity index (χ1v) is 11.4. The Hall–Kier alpha value is -2.09. The van der Waals surface area contributed by atoms with Crippen LogP contribution in [0.3, 0.4) is 0 Å². The number of sulfonamides is 1. The second-order valence-electron chi connectivity index (χ2n) is 7.15. The third-order valence-corrected chi connectivity index (χ3v) is 7.03. The van der Waals surface area contributed by atoms with Crippen LogP contribution in [0.4, 0.5) is 5.69 Å². The van der Waals surface area contributed by atoms with Crippen molar-refractivity contribution in [2.24, 2.45) is 0 Å². The highest BCUT2D eigenvalue weighted by molar-refractivity contribution is 7.89. The number of aryl methyl sites for hydroxylation is 1. The Morgan fingerprint density at radius 2 is 1.86 bits per heavy atom. The molecule has 156 valence electrons. The number of ether oxygens (including phenoxy) is 1. The molecule has 0 aromatic heterocycles. The normalized spacial score (nSPS) is 16.2. The van der Waals surface area contributed by atoms with E-state index in [1.807, 2.05) is 6.92 Å². The molecule has 2 aromatic rings. The minimum absolute atomic E-state index is 0.184. The molecule has 0 radical (unpaired) electrons. The summed E-state index contributed by atoms with van der Waals surface area (Å²) in [4.78, 5) is 12.8. The molecule has 3 rings (SSSR count). The summed E-state index contributed by atoms with van der Waals surface area (Å²) in [6, 6.07) is 11.6. The van der Waals surface area contributed by atoms with Crippen molar-refractivity contribution in [2.45, 2.75) is 44.1 Å². The first-order chi connectivity index (χ1) is 13.8. The average Bonchev–Trinajstić information content (AvgIpc) is 2.70. The first kappa shape index (κ1) is 21.6. The molecule has 1 unspecified atom stereocenters. The molecule has 0 spiro atoms. The van der Waals surface area contributed by atoms with Gasteiger partial charge in [0, 0.05) is 23.8 Å². The maximum Gasteiger partial charge on any atom is 0.265 e. The fourth-order valence-corrected chi connectivity index (χ4v) is 4.91. The van der Waals surface area contributed by atoms with Crippen molar-refractivity contribution in [1.82, 2.24) is 4.31 Å². The highest BCUT2D eigenvalue weighted by atomic mass is 35.5. The second kappa shape index (κ2) is 9.15. The minimum atomic E-state index is -3.57. The number of hydrogen-bond donors (Lipinski definition) is 1. The molecule has 1 atom stereocenters. The van der Waals surface area contributed by atoms with Crippen LogP contribution in [0.5, 0.6) is 5.75 Å². The SMILES string of the molecule is Cc1ccc(S(=O)(=O)N2CCCCC2)cc1NC(=O)C(C)Oc1cccc(Cl)c1. The van der Waals surface area contributed by atoms with Crippen LogP contribution in [-0.4, -0.2) is 37.8 Å². The van der Waals surface area contributed by atoms with Crippen LogP contribution in [0.15, 0.2) is 47.4 Å². The van der Waals surface area contributed by atoms with E-state index in [2.05, 4.69) is 5.32 Å². The average molecular weight is 437 g/mol. The number of anilines is 1. The third-order valence-electron chi connectivity index (χ3n) is 4.90. The molecule has 8 heteroatoms. The standard InChI is InChI=1S/C21H25ClN2O4S/c1-15-9-10-19(29(26,27)24-11-4-3-5-12-24)14-20(15)23-21(25)16(2)28-18-8-6-7-17(22)13-18/h6-10,13-14,16H,3-5,11-12H2,1-2H3,(H,23,25). The lowest BCUT2D eigenvalue weighted by Crippen LogP contribution is -2.35. The summed E-state index contributed by atoms with van der Waals surface area (Å²) in [6.45, 7) is 4.50. The van der Waals surface area contributed by atoms with Crippen LogP contribution in [0, 0.1) is 6.92 Å². The van der Waals surface area contributed by atoms with Gasteiger partial charge in [-0.1, -0.05) is 30.2 Å². The number of carbonyl (C=O) groups excluding carboxylic acids is 1. The Labute approximate surface area is 176 Å². The number of nitrogens with one attached hydrogen (secondary N) is 1. The van der Waals surface area contributed by atoms with Crippen LogP contribution in [-0.2, 0) is 14.8 Å². The van der Waals surface area contributed by atoms with Gasteiger partial charge in [0.25, 0.3) is 5.91 Å². The number of hydrogen-bond acceptors (Lipinski definition) is 4. The molecule has 1 heterocycles.